The van der Waals surface area contributed by atoms with E-state index in [2.05, 4.69) is 5.10 Å². The molecule has 11 heteroatoms. The number of nitrogens with zero attached hydrogens (tertiary/aromatic N) is 4. The molecule has 1 aromatic rings. The summed E-state index contributed by atoms with van der Waals surface area (Å²) in [6.07, 6.45) is -4.59. The minimum absolute atomic E-state index is 0.0970. The summed E-state index contributed by atoms with van der Waals surface area (Å²) in [4.78, 5) is 37.9. The van der Waals surface area contributed by atoms with Gasteiger partial charge in [0.25, 0.3) is 0 Å². The number of carbonyl (C=O) groups excluding carboxylic acids is 3. The van der Waals surface area contributed by atoms with E-state index in [0.29, 0.717) is 0 Å². The molecular weight excluding hydrogens is 343 g/mol. The van der Waals surface area contributed by atoms with Gasteiger partial charge in [-0.1, -0.05) is 0 Å². The van der Waals surface area contributed by atoms with Crippen LogP contribution in [0.5, 0.6) is 0 Å². The summed E-state index contributed by atoms with van der Waals surface area (Å²) in [5.41, 5.74) is 4.39. The monoisotopic (exact) mass is 361 g/mol. The van der Waals surface area contributed by atoms with Gasteiger partial charge in [0.1, 0.15) is 12.6 Å². The van der Waals surface area contributed by atoms with Crippen molar-refractivity contribution in [2.24, 2.45) is 5.73 Å². The van der Waals surface area contributed by atoms with Crippen molar-refractivity contribution in [2.45, 2.75) is 32.6 Å². The van der Waals surface area contributed by atoms with Crippen molar-refractivity contribution in [1.82, 2.24) is 19.6 Å². The zero-order chi connectivity index (χ0) is 18.9. The Morgan fingerprint density at radius 1 is 1.32 bits per heavy atom. The summed E-state index contributed by atoms with van der Waals surface area (Å²) in [5.74, 6) is -1.59. The van der Waals surface area contributed by atoms with E-state index >= 15 is 0 Å². The average molecular weight is 361 g/mol. The third-order valence-electron chi connectivity index (χ3n) is 4.02. The molecule has 138 valence electrons. The summed E-state index contributed by atoms with van der Waals surface area (Å²) in [6.45, 7) is 2.50. The molecule has 0 aliphatic carbocycles. The lowest BCUT2D eigenvalue weighted by atomic mass is 10.1. The molecule has 0 spiro atoms. The number of halogens is 3. The van der Waals surface area contributed by atoms with Crippen molar-refractivity contribution in [3.05, 3.63) is 17.5 Å². The lowest BCUT2D eigenvalue weighted by Crippen LogP contribution is -2.60. The van der Waals surface area contributed by atoms with Gasteiger partial charge in [-0.2, -0.15) is 18.3 Å². The third kappa shape index (κ3) is 4.09. The minimum atomic E-state index is -4.59. The molecular formula is C14H18F3N5O3. The van der Waals surface area contributed by atoms with Crippen molar-refractivity contribution < 1.29 is 27.6 Å². The second-order valence-electron chi connectivity index (χ2n) is 5.80. The highest BCUT2D eigenvalue weighted by Gasteiger charge is 2.36. The number of rotatable bonds is 3. The Bertz CT molecular complexity index is 700. The van der Waals surface area contributed by atoms with Crippen LogP contribution in [0.2, 0.25) is 0 Å². The highest BCUT2D eigenvalue weighted by Crippen LogP contribution is 2.28. The Kier molecular flexibility index (Phi) is 5.04. The Balaban J connectivity index is 2.10. The fraction of sp³-hybridized carbons (Fsp3) is 0.571. The molecule has 1 aliphatic rings. The number of primary amides is 1. The Morgan fingerprint density at radius 3 is 2.44 bits per heavy atom. The number of hydrogen-bond acceptors (Lipinski definition) is 4. The molecule has 1 fully saturated rings. The number of alkyl halides is 3. The minimum Gasteiger partial charge on any atom is -0.368 e. The van der Waals surface area contributed by atoms with Crippen molar-refractivity contribution >= 4 is 17.7 Å². The number of nitrogens with two attached hydrogens (primary N) is 1. The van der Waals surface area contributed by atoms with Gasteiger partial charge in [0, 0.05) is 25.7 Å². The molecule has 1 atom stereocenters. The number of aromatic nitrogens is 2. The third-order valence-corrected chi connectivity index (χ3v) is 4.02. The molecule has 0 bridgehead atoms. The lowest BCUT2D eigenvalue weighted by molar-refractivity contribution is -0.147. The molecule has 0 saturated carbocycles. The van der Waals surface area contributed by atoms with Gasteiger partial charge in [0.2, 0.25) is 17.7 Å². The predicted molar refractivity (Wildman–Crippen MR) is 78.9 cm³/mol. The number of carbonyl (C=O) groups is 3. The first-order chi connectivity index (χ1) is 11.5. The average Bonchev–Trinajstić information content (AvgIpc) is 2.87. The fourth-order valence-electron chi connectivity index (χ4n) is 2.67. The highest BCUT2D eigenvalue weighted by molar-refractivity contribution is 5.87. The molecule has 2 N–H and O–H groups in total. The van der Waals surface area contributed by atoms with Gasteiger partial charge < -0.3 is 15.5 Å². The SMILES string of the molecule is CC(=O)N1CCN(C(=O)Cn2nc(C(F)(F)F)cc2C)C[C@@H]1C(N)=O. The normalized spacial score (nSPS) is 18.4. The van der Waals surface area contributed by atoms with Crippen molar-refractivity contribution in [3.8, 4) is 0 Å². The second-order valence-corrected chi connectivity index (χ2v) is 5.80. The van der Waals surface area contributed by atoms with Gasteiger partial charge in [-0.15, -0.1) is 0 Å². The first-order valence-electron chi connectivity index (χ1n) is 7.46. The molecule has 0 aromatic carbocycles. The zero-order valence-corrected chi connectivity index (χ0v) is 13.7. The lowest BCUT2D eigenvalue weighted by Gasteiger charge is -2.39. The maximum Gasteiger partial charge on any atom is 0.435 e. The summed E-state index contributed by atoms with van der Waals surface area (Å²) >= 11 is 0. The predicted octanol–water partition coefficient (Wildman–Crippen LogP) is -0.245. The molecule has 3 amide bonds. The standard InChI is InChI=1S/C14H18F3N5O3/c1-8-5-11(14(15,16)17)19-22(8)7-12(24)20-3-4-21(9(2)23)10(6-20)13(18)25/h5,10H,3-4,6-7H2,1-2H3,(H2,18,25)/t10-/m1/s1. The molecule has 1 aromatic heterocycles. The van der Waals surface area contributed by atoms with Crippen LogP contribution in [0.4, 0.5) is 13.2 Å². The summed E-state index contributed by atoms with van der Waals surface area (Å²) < 4.78 is 39.0. The van der Waals surface area contributed by atoms with Crippen LogP contribution in [0.15, 0.2) is 6.07 Å². The van der Waals surface area contributed by atoms with Crippen LogP contribution in [-0.2, 0) is 27.1 Å². The molecule has 0 radical (unpaired) electrons. The molecule has 2 heterocycles. The van der Waals surface area contributed by atoms with Crippen molar-refractivity contribution in [1.29, 1.82) is 0 Å². The fourth-order valence-corrected chi connectivity index (χ4v) is 2.67. The van der Waals surface area contributed by atoms with E-state index in [1.807, 2.05) is 0 Å². The highest BCUT2D eigenvalue weighted by atomic mass is 19.4. The Hall–Kier alpha value is -2.59. The van der Waals surface area contributed by atoms with E-state index in [1.165, 1.54) is 23.6 Å². The number of amides is 3. The van der Waals surface area contributed by atoms with Crippen LogP contribution >= 0.6 is 0 Å². The molecule has 1 aliphatic heterocycles. The molecule has 1 saturated heterocycles. The maximum absolute atomic E-state index is 12.7. The Morgan fingerprint density at radius 2 is 1.96 bits per heavy atom. The topological polar surface area (TPSA) is 102 Å². The van der Waals surface area contributed by atoms with Gasteiger partial charge in [0.15, 0.2) is 5.69 Å². The number of piperazine rings is 1. The summed E-state index contributed by atoms with van der Waals surface area (Å²) in [7, 11) is 0. The van der Waals surface area contributed by atoms with Gasteiger partial charge >= 0.3 is 6.18 Å². The van der Waals surface area contributed by atoms with Crippen molar-refractivity contribution in [2.75, 3.05) is 19.6 Å². The quantitative estimate of drug-likeness (QED) is 0.802. The van der Waals surface area contributed by atoms with Gasteiger partial charge in [0.05, 0.1) is 6.54 Å². The van der Waals surface area contributed by atoms with E-state index in [0.717, 1.165) is 10.7 Å². The molecule has 0 unspecified atom stereocenters. The van der Waals surface area contributed by atoms with E-state index in [1.54, 1.807) is 0 Å². The van der Waals surface area contributed by atoms with Crippen LogP contribution in [0.1, 0.15) is 18.3 Å². The number of aryl methyl sites for hydroxylation is 1. The van der Waals surface area contributed by atoms with E-state index < -0.39 is 36.3 Å². The first-order valence-corrected chi connectivity index (χ1v) is 7.46. The second kappa shape index (κ2) is 6.73. The van der Waals surface area contributed by atoms with Crippen molar-refractivity contribution in [3.63, 3.8) is 0 Å². The van der Waals surface area contributed by atoms with E-state index in [4.69, 9.17) is 5.73 Å². The molecule has 2 rings (SSSR count). The first kappa shape index (κ1) is 18.7. The van der Waals surface area contributed by atoms with E-state index in [-0.39, 0.29) is 31.2 Å². The molecule has 25 heavy (non-hydrogen) atoms. The van der Waals surface area contributed by atoms with Crippen LogP contribution in [-0.4, -0.2) is 63.0 Å². The number of hydrogen-bond donors (Lipinski definition) is 1. The zero-order valence-electron chi connectivity index (χ0n) is 13.7. The maximum atomic E-state index is 12.7. The van der Waals surface area contributed by atoms with Crippen LogP contribution < -0.4 is 5.73 Å². The van der Waals surface area contributed by atoms with Gasteiger partial charge in [-0.25, -0.2) is 0 Å². The van der Waals surface area contributed by atoms with E-state index in [9.17, 15) is 27.6 Å². The van der Waals surface area contributed by atoms with Crippen LogP contribution in [0, 0.1) is 6.92 Å². The van der Waals surface area contributed by atoms with Crippen LogP contribution in [0.3, 0.4) is 0 Å². The van der Waals surface area contributed by atoms with Crippen LogP contribution in [0.25, 0.3) is 0 Å². The summed E-state index contributed by atoms with van der Waals surface area (Å²) in [5, 5.41) is 3.40. The Labute approximate surface area is 141 Å². The van der Waals surface area contributed by atoms with Gasteiger partial charge in [-0.05, 0) is 13.0 Å². The summed E-state index contributed by atoms with van der Waals surface area (Å²) in [6, 6.07) is -0.104. The molecule has 8 nitrogen and oxygen atoms in total. The smallest absolute Gasteiger partial charge is 0.368 e. The van der Waals surface area contributed by atoms with Gasteiger partial charge in [-0.3, -0.25) is 19.1 Å². The largest absolute Gasteiger partial charge is 0.435 e.